The largest absolute Gasteiger partial charge is 0.268 e. The number of benzene rings is 5. The maximum atomic E-state index is 13.6. The topological polar surface area (TPSA) is 53.0 Å². The molecule has 5 heteroatoms. The van der Waals surface area contributed by atoms with E-state index >= 15 is 0 Å². The van der Waals surface area contributed by atoms with Crippen LogP contribution >= 0.6 is 0 Å². The Balaban J connectivity index is 1.36. The summed E-state index contributed by atoms with van der Waals surface area (Å²) in [5.74, 6) is -0.615. The number of hydrazone groups is 1. The molecule has 0 spiro atoms. The molecule has 5 aromatic carbocycles. The van der Waals surface area contributed by atoms with Crippen LogP contribution in [0.15, 0.2) is 126 Å². The van der Waals surface area contributed by atoms with Crippen LogP contribution in [0.5, 0.6) is 0 Å². The summed E-state index contributed by atoms with van der Waals surface area (Å²) in [4.78, 5) is 28.4. The molecule has 0 N–H and O–H groups in total. The van der Waals surface area contributed by atoms with Crippen LogP contribution in [0.25, 0.3) is 10.8 Å². The number of rotatable bonds is 4. The van der Waals surface area contributed by atoms with Crippen LogP contribution in [0.4, 0.5) is 11.4 Å². The van der Waals surface area contributed by atoms with Gasteiger partial charge in [0.2, 0.25) is 0 Å². The van der Waals surface area contributed by atoms with Gasteiger partial charge in [0.25, 0.3) is 11.8 Å². The minimum Gasteiger partial charge on any atom is -0.268 e. The van der Waals surface area contributed by atoms with Gasteiger partial charge in [-0.15, -0.1) is 0 Å². The van der Waals surface area contributed by atoms with E-state index in [0.29, 0.717) is 28.6 Å². The SMILES string of the molecule is O=C1c2cccc3c(C4=NN(c5ccccc5)[C@@H](c5ccccc5)C4)ccc(c23)C(=O)N1c1ccccc1. The molecular formula is C33H23N3O2. The first-order valence-electron chi connectivity index (χ1n) is 12.7. The summed E-state index contributed by atoms with van der Waals surface area (Å²) in [6, 6.07) is 39.2. The summed E-state index contributed by atoms with van der Waals surface area (Å²) in [7, 11) is 0. The van der Waals surface area contributed by atoms with Crippen molar-refractivity contribution in [3.05, 3.63) is 144 Å². The molecule has 0 radical (unpaired) electrons. The Kier molecular flexibility index (Phi) is 5.15. The molecule has 182 valence electrons. The van der Waals surface area contributed by atoms with Crippen LogP contribution in [0, 0.1) is 0 Å². The third-order valence-electron chi connectivity index (χ3n) is 7.35. The molecule has 5 aromatic rings. The van der Waals surface area contributed by atoms with Crippen molar-refractivity contribution in [2.75, 3.05) is 9.91 Å². The number of hydrogen-bond acceptors (Lipinski definition) is 4. The minimum absolute atomic E-state index is 0.0382. The fourth-order valence-corrected chi connectivity index (χ4v) is 5.59. The van der Waals surface area contributed by atoms with E-state index in [9.17, 15) is 9.59 Å². The van der Waals surface area contributed by atoms with Gasteiger partial charge in [-0.1, -0.05) is 84.9 Å². The highest BCUT2D eigenvalue weighted by Crippen LogP contribution is 2.40. The zero-order chi connectivity index (χ0) is 25.6. The monoisotopic (exact) mass is 493 g/mol. The second-order valence-electron chi connectivity index (χ2n) is 9.53. The Morgan fingerprint density at radius 1 is 0.579 bits per heavy atom. The summed E-state index contributed by atoms with van der Waals surface area (Å²) in [5.41, 5.74) is 5.70. The fraction of sp³-hybridized carbons (Fsp3) is 0.0606. The van der Waals surface area contributed by atoms with Gasteiger partial charge in [0.1, 0.15) is 0 Å². The van der Waals surface area contributed by atoms with E-state index in [1.165, 1.54) is 10.5 Å². The van der Waals surface area contributed by atoms with Crippen LogP contribution in [0.2, 0.25) is 0 Å². The van der Waals surface area contributed by atoms with E-state index in [1.54, 1.807) is 18.2 Å². The first-order valence-corrected chi connectivity index (χ1v) is 12.7. The maximum Gasteiger partial charge on any atom is 0.265 e. The molecular weight excluding hydrogens is 470 g/mol. The van der Waals surface area contributed by atoms with Gasteiger partial charge in [0.05, 0.1) is 23.1 Å². The predicted octanol–water partition coefficient (Wildman–Crippen LogP) is 7.00. The van der Waals surface area contributed by atoms with Gasteiger partial charge in [-0.3, -0.25) is 14.6 Å². The van der Waals surface area contributed by atoms with Gasteiger partial charge in [-0.25, -0.2) is 4.90 Å². The lowest BCUT2D eigenvalue weighted by Crippen LogP contribution is -2.40. The van der Waals surface area contributed by atoms with Gasteiger partial charge in [-0.2, -0.15) is 5.10 Å². The van der Waals surface area contributed by atoms with Gasteiger partial charge in [0.15, 0.2) is 0 Å². The number of carbonyl (C=O) groups is 2. The fourth-order valence-electron chi connectivity index (χ4n) is 5.59. The molecule has 2 aliphatic rings. The standard InChI is InChI=1S/C33H23N3O2/c37-32-27-18-10-17-26-25(19-20-28(31(26)27)33(38)35(32)23-13-6-2-7-14-23)29-21-30(22-11-4-1-5-12-22)36(34-29)24-15-8-3-9-16-24/h1-20,30H,21H2/t30-/m1/s1. The Hall–Kier alpha value is -5.03. The van der Waals surface area contributed by atoms with Crippen LogP contribution in [0.1, 0.15) is 44.3 Å². The first kappa shape index (κ1) is 22.2. The number of nitrogens with zero attached hydrogens (tertiary/aromatic N) is 3. The van der Waals surface area contributed by atoms with E-state index in [2.05, 4.69) is 41.4 Å². The number of para-hydroxylation sites is 2. The highest BCUT2D eigenvalue weighted by molar-refractivity contribution is 6.36. The van der Waals surface area contributed by atoms with E-state index in [1.807, 2.05) is 66.7 Å². The molecule has 38 heavy (non-hydrogen) atoms. The summed E-state index contributed by atoms with van der Waals surface area (Å²) in [6.07, 6.45) is 0.704. The molecule has 5 nitrogen and oxygen atoms in total. The molecule has 0 unspecified atom stereocenters. The van der Waals surface area contributed by atoms with Crippen molar-refractivity contribution in [3.63, 3.8) is 0 Å². The Bertz CT molecular complexity index is 1710. The normalized spacial score (nSPS) is 16.7. The van der Waals surface area contributed by atoms with Gasteiger partial charge in [0, 0.05) is 28.5 Å². The first-order chi connectivity index (χ1) is 18.7. The lowest BCUT2D eigenvalue weighted by atomic mass is 9.88. The van der Waals surface area contributed by atoms with E-state index in [0.717, 1.165) is 22.3 Å². The third-order valence-corrected chi connectivity index (χ3v) is 7.35. The highest BCUT2D eigenvalue weighted by atomic mass is 16.2. The summed E-state index contributed by atoms with van der Waals surface area (Å²) in [5, 5.41) is 8.76. The average molecular weight is 494 g/mol. The Morgan fingerprint density at radius 2 is 1.16 bits per heavy atom. The van der Waals surface area contributed by atoms with E-state index in [-0.39, 0.29) is 17.9 Å². The van der Waals surface area contributed by atoms with Gasteiger partial charge < -0.3 is 0 Å². The number of amides is 2. The third kappa shape index (κ3) is 3.44. The van der Waals surface area contributed by atoms with Crippen molar-refractivity contribution >= 4 is 39.7 Å². The molecule has 0 saturated carbocycles. The zero-order valence-corrected chi connectivity index (χ0v) is 20.5. The Labute approximate surface area is 220 Å². The molecule has 0 aliphatic carbocycles. The molecule has 0 fully saturated rings. The summed E-state index contributed by atoms with van der Waals surface area (Å²) < 4.78 is 0. The molecule has 0 saturated heterocycles. The molecule has 0 aromatic heterocycles. The average Bonchev–Trinajstić information content (AvgIpc) is 3.43. The van der Waals surface area contributed by atoms with Crippen LogP contribution in [0.3, 0.4) is 0 Å². The molecule has 1 atom stereocenters. The second-order valence-corrected chi connectivity index (χ2v) is 9.53. The minimum atomic E-state index is -0.308. The van der Waals surface area contributed by atoms with Crippen molar-refractivity contribution in [1.82, 2.24) is 0 Å². The smallest absolute Gasteiger partial charge is 0.265 e. The molecule has 2 heterocycles. The number of carbonyl (C=O) groups excluding carboxylic acids is 2. The Morgan fingerprint density at radius 3 is 1.84 bits per heavy atom. The van der Waals surface area contributed by atoms with E-state index < -0.39 is 0 Å². The van der Waals surface area contributed by atoms with Crippen LogP contribution < -0.4 is 9.91 Å². The molecule has 0 bridgehead atoms. The highest BCUT2D eigenvalue weighted by Gasteiger charge is 2.36. The van der Waals surface area contributed by atoms with E-state index in [4.69, 9.17) is 5.10 Å². The number of imide groups is 1. The van der Waals surface area contributed by atoms with Gasteiger partial charge >= 0.3 is 0 Å². The number of anilines is 2. The lowest BCUT2D eigenvalue weighted by Gasteiger charge is -2.27. The van der Waals surface area contributed by atoms with Crippen molar-refractivity contribution in [2.24, 2.45) is 5.10 Å². The summed E-state index contributed by atoms with van der Waals surface area (Å²) in [6.45, 7) is 0. The van der Waals surface area contributed by atoms with Gasteiger partial charge in [-0.05, 0) is 47.3 Å². The predicted molar refractivity (Wildman–Crippen MR) is 151 cm³/mol. The molecule has 2 aliphatic heterocycles. The quantitative estimate of drug-likeness (QED) is 0.253. The van der Waals surface area contributed by atoms with Crippen molar-refractivity contribution < 1.29 is 9.59 Å². The van der Waals surface area contributed by atoms with Crippen molar-refractivity contribution in [2.45, 2.75) is 12.5 Å². The maximum absolute atomic E-state index is 13.6. The molecule has 2 amide bonds. The number of hydrogen-bond donors (Lipinski definition) is 0. The van der Waals surface area contributed by atoms with Crippen molar-refractivity contribution in [1.29, 1.82) is 0 Å². The zero-order valence-electron chi connectivity index (χ0n) is 20.5. The van der Waals surface area contributed by atoms with Crippen LogP contribution in [-0.4, -0.2) is 17.5 Å². The molecule has 7 rings (SSSR count). The summed E-state index contributed by atoms with van der Waals surface area (Å²) >= 11 is 0. The van der Waals surface area contributed by atoms with Crippen LogP contribution in [-0.2, 0) is 0 Å². The lowest BCUT2D eigenvalue weighted by molar-refractivity contribution is 0.0893. The van der Waals surface area contributed by atoms with Crippen molar-refractivity contribution in [3.8, 4) is 0 Å². The second kappa shape index (κ2) is 8.82.